The molecule has 0 radical (unpaired) electrons. The summed E-state index contributed by atoms with van der Waals surface area (Å²) in [6.07, 6.45) is 7.42. The van der Waals surface area contributed by atoms with Gasteiger partial charge < -0.3 is 0 Å². The molecule has 1 heteroatoms. The molecule has 0 N–H and O–H groups in total. The summed E-state index contributed by atoms with van der Waals surface area (Å²) >= 11 is 0. The predicted octanol–water partition coefficient (Wildman–Crippen LogP) is 2.08. The first-order valence-corrected chi connectivity index (χ1v) is 4.07. The zero-order valence-corrected chi connectivity index (χ0v) is 6.10. The largest absolute Gasteiger partial charge is 0.299 e. The fourth-order valence-electron chi connectivity index (χ4n) is 1.80. The first kappa shape index (κ1) is 6.14. The lowest BCUT2D eigenvalue weighted by molar-refractivity contribution is -0.118. The molecule has 0 aromatic carbocycles. The van der Waals surface area contributed by atoms with Gasteiger partial charge in [-0.1, -0.05) is 11.6 Å². The Balaban J connectivity index is 2.11. The molecule has 0 unspecified atom stereocenters. The van der Waals surface area contributed by atoms with E-state index in [1.807, 2.05) is 0 Å². The molecule has 0 bridgehead atoms. The van der Waals surface area contributed by atoms with Crippen LogP contribution in [0.2, 0.25) is 0 Å². The minimum atomic E-state index is 0.432. The van der Waals surface area contributed by atoms with E-state index in [9.17, 15) is 4.79 Å². The number of ketones is 1. The third kappa shape index (κ3) is 0.898. The first-order chi connectivity index (χ1) is 4.86. The van der Waals surface area contributed by atoms with Gasteiger partial charge in [0.1, 0.15) is 5.78 Å². The van der Waals surface area contributed by atoms with Gasteiger partial charge in [0, 0.05) is 12.8 Å². The van der Waals surface area contributed by atoms with E-state index in [0.29, 0.717) is 12.2 Å². The Morgan fingerprint density at radius 2 is 2.10 bits per heavy atom. The number of carbonyl (C=O) groups is 1. The highest BCUT2D eigenvalue weighted by Gasteiger charge is 2.26. The van der Waals surface area contributed by atoms with Gasteiger partial charge in [-0.25, -0.2) is 0 Å². The van der Waals surface area contributed by atoms with E-state index < -0.39 is 0 Å². The van der Waals surface area contributed by atoms with Crippen LogP contribution in [0.3, 0.4) is 0 Å². The number of fused-ring (bicyclic) bond motifs is 1. The summed E-state index contributed by atoms with van der Waals surface area (Å²) < 4.78 is 0. The molecule has 1 saturated carbocycles. The van der Waals surface area contributed by atoms with Gasteiger partial charge >= 0.3 is 0 Å². The van der Waals surface area contributed by atoms with Crippen LogP contribution in [-0.2, 0) is 4.79 Å². The average Bonchev–Trinajstić information content (AvgIpc) is 1.94. The number of carbonyl (C=O) groups excluding carboxylic acids is 1. The van der Waals surface area contributed by atoms with Crippen molar-refractivity contribution in [3.8, 4) is 0 Å². The Labute approximate surface area is 61.1 Å². The van der Waals surface area contributed by atoms with E-state index in [2.05, 4.69) is 6.08 Å². The molecule has 0 aromatic rings. The maximum Gasteiger partial charge on any atom is 0.136 e. The van der Waals surface area contributed by atoms with Crippen molar-refractivity contribution in [2.45, 2.75) is 32.1 Å². The Hall–Kier alpha value is -0.590. The number of hydrogen-bond acceptors (Lipinski definition) is 1. The fraction of sp³-hybridized carbons (Fsp3) is 0.667. The molecule has 0 spiro atoms. The zero-order valence-electron chi connectivity index (χ0n) is 6.10. The fourth-order valence-corrected chi connectivity index (χ4v) is 1.80. The standard InChI is InChI=1S/C9H12O/c10-9-5-3-7-1-2-8(7)4-6-9/h3,8H,1-2,4-6H2/t8-/m1/s1. The number of allylic oxidation sites excluding steroid dienone is 2. The topological polar surface area (TPSA) is 17.1 Å². The third-order valence-electron chi connectivity index (χ3n) is 2.67. The van der Waals surface area contributed by atoms with Crippen molar-refractivity contribution in [2.24, 2.45) is 5.92 Å². The van der Waals surface area contributed by atoms with Crippen molar-refractivity contribution in [1.29, 1.82) is 0 Å². The summed E-state index contributed by atoms with van der Waals surface area (Å²) in [5.74, 6) is 1.23. The molecule has 2 aliphatic rings. The smallest absolute Gasteiger partial charge is 0.136 e. The Bertz CT molecular complexity index is 191. The SMILES string of the molecule is O=C1CC=C2CC[C@@H]2CC1. The van der Waals surface area contributed by atoms with Gasteiger partial charge in [-0.2, -0.15) is 0 Å². The minimum Gasteiger partial charge on any atom is -0.299 e. The average molecular weight is 136 g/mol. The van der Waals surface area contributed by atoms with Gasteiger partial charge in [0.15, 0.2) is 0 Å². The zero-order chi connectivity index (χ0) is 6.97. The summed E-state index contributed by atoms with van der Waals surface area (Å²) in [6.45, 7) is 0. The molecule has 0 heterocycles. The molecule has 0 aromatic heterocycles. The lowest BCUT2D eigenvalue weighted by Crippen LogP contribution is -2.14. The Morgan fingerprint density at radius 3 is 2.80 bits per heavy atom. The lowest BCUT2D eigenvalue weighted by Gasteiger charge is -2.28. The molecule has 0 aliphatic heterocycles. The monoisotopic (exact) mass is 136 g/mol. The molecule has 54 valence electrons. The normalized spacial score (nSPS) is 31.8. The first-order valence-electron chi connectivity index (χ1n) is 4.07. The van der Waals surface area contributed by atoms with Crippen molar-refractivity contribution in [1.82, 2.24) is 0 Å². The third-order valence-corrected chi connectivity index (χ3v) is 2.67. The molecule has 1 nitrogen and oxygen atoms in total. The van der Waals surface area contributed by atoms with Crippen LogP contribution in [0.4, 0.5) is 0 Å². The van der Waals surface area contributed by atoms with E-state index in [1.165, 1.54) is 12.8 Å². The van der Waals surface area contributed by atoms with Gasteiger partial charge in [-0.15, -0.1) is 0 Å². The highest BCUT2D eigenvalue weighted by atomic mass is 16.1. The van der Waals surface area contributed by atoms with Gasteiger partial charge in [0.25, 0.3) is 0 Å². The molecule has 1 fully saturated rings. The van der Waals surface area contributed by atoms with Gasteiger partial charge in [0.2, 0.25) is 0 Å². The van der Waals surface area contributed by atoms with E-state index in [4.69, 9.17) is 0 Å². The van der Waals surface area contributed by atoms with E-state index >= 15 is 0 Å². The van der Waals surface area contributed by atoms with Crippen LogP contribution < -0.4 is 0 Å². The Morgan fingerprint density at radius 1 is 1.30 bits per heavy atom. The quantitative estimate of drug-likeness (QED) is 0.466. The van der Waals surface area contributed by atoms with E-state index in [0.717, 1.165) is 18.8 Å². The number of Topliss-reactive ketones (excluding diaryl/α,β-unsaturated/α-hetero) is 1. The van der Waals surface area contributed by atoms with Crippen molar-refractivity contribution >= 4 is 5.78 Å². The molecular formula is C9H12O. The molecule has 1 atom stereocenters. The molecule has 10 heavy (non-hydrogen) atoms. The molecular weight excluding hydrogens is 124 g/mol. The van der Waals surface area contributed by atoms with Crippen LogP contribution in [0, 0.1) is 5.92 Å². The molecule has 0 amide bonds. The number of rotatable bonds is 0. The second-order valence-electron chi connectivity index (χ2n) is 3.30. The van der Waals surface area contributed by atoms with Crippen LogP contribution in [0.1, 0.15) is 32.1 Å². The van der Waals surface area contributed by atoms with Crippen molar-refractivity contribution < 1.29 is 4.79 Å². The number of hydrogen-bond donors (Lipinski definition) is 0. The molecule has 0 saturated heterocycles. The summed E-state index contributed by atoms with van der Waals surface area (Å²) in [7, 11) is 0. The van der Waals surface area contributed by atoms with Crippen molar-refractivity contribution in [2.75, 3.05) is 0 Å². The van der Waals surface area contributed by atoms with Gasteiger partial charge in [-0.05, 0) is 25.2 Å². The molecule has 2 aliphatic carbocycles. The van der Waals surface area contributed by atoms with Gasteiger partial charge in [0.05, 0.1) is 0 Å². The molecule has 2 rings (SSSR count). The van der Waals surface area contributed by atoms with E-state index in [-0.39, 0.29) is 0 Å². The van der Waals surface area contributed by atoms with Crippen LogP contribution in [0.5, 0.6) is 0 Å². The van der Waals surface area contributed by atoms with Crippen molar-refractivity contribution in [3.63, 3.8) is 0 Å². The van der Waals surface area contributed by atoms with E-state index in [1.54, 1.807) is 5.57 Å². The summed E-state index contributed by atoms with van der Waals surface area (Å²) in [5, 5.41) is 0. The minimum absolute atomic E-state index is 0.432. The highest BCUT2D eigenvalue weighted by molar-refractivity contribution is 5.80. The summed E-state index contributed by atoms with van der Waals surface area (Å²) in [4.78, 5) is 11.0. The highest BCUT2D eigenvalue weighted by Crippen LogP contribution is 2.38. The summed E-state index contributed by atoms with van der Waals surface area (Å²) in [6, 6.07) is 0. The summed E-state index contributed by atoms with van der Waals surface area (Å²) in [5.41, 5.74) is 1.56. The second kappa shape index (κ2) is 2.22. The Kier molecular flexibility index (Phi) is 1.37. The predicted molar refractivity (Wildman–Crippen MR) is 39.7 cm³/mol. The maximum atomic E-state index is 11.0. The van der Waals surface area contributed by atoms with Crippen LogP contribution >= 0.6 is 0 Å². The maximum absolute atomic E-state index is 11.0. The second-order valence-corrected chi connectivity index (χ2v) is 3.30. The van der Waals surface area contributed by atoms with Crippen LogP contribution in [0.25, 0.3) is 0 Å². The lowest BCUT2D eigenvalue weighted by atomic mass is 9.77. The van der Waals surface area contributed by atoms with Crippen LogP contribution in [0.15, 0.2) is 11.6 Å². The van der Waals surface area contributed by atoms with Gasteiger partial charge in [-0.3, -0.25) is 4.79 Å². The van der Waals surface area contributed by atoms with Crippen LogP contribution in [-0.4, -0.2) is 5.78 Å². The van der Waals surface area contributed by atoms with Crippen molar-refractivity contribution in [3.05, 3.63) is 11.6 Å².